The van der Waals surface area contributed by atoms with Gasteiger partial charge in [-0.2, -0.15) is 18.4 Å². The summed E-state index contributed by atoms with van der Waals surface area (Å²) in [4.78, 5) is 4.57. The lowest BCUT2D eigenvalue weighted by molar-refractivity contribution is -0.137. The monoisotopic (exact) mass is 473 g/mol. The van der Waals surface area contributed by atoms with Crippen molar-refractivity contribution < 1.29 is 21.6 Å². The van der Waals surface area contributed by atoms with Crippen LogP contribution in [-0.4, -0.2) is 37.1 Å². The molecule has 2 aromatic heterocycles. The van der Waals surface area contributed by atoms with Crippen LogP contribution in [0, 0.1) is 11.3 Å². The molecule has 0 aliphatic rings. The molecule has 7 nitrogen and oxygen atoms in total. The summed E-state index contributed by atoms with van der Waals surface area (Å²) in [6.45, 7) is 0.343. The number of hydrogen-bond donors (Lipinski definition) is 2. The fourth-order valence-electron chi connectivity index (χ4n) is 3.57. The Hall–Kier alpha value is -3.62. The van der Waals surface area contributed by atoms with Gasteiger partial charge in [0.25, 0.3) is 0 Å². The topological polar surface area (TPSA) is 99.3 Å². The van der Waals surface area contributed by atoms with Gasteiger partial charge in [0.05, 0.1) is 22.9 Å². The molecule has 0 saturated heterocycles. The van der Waals surface area contributed by atoms with Gasteiger partial charge in [0.1, 0.15) is 17.5 Å². The van der Waals surface area contributed by atoms with Crippen LogP contribution in [0.5, 0.6) is 0 Å². The van der Waals surface area contributed by atoms with E-state index in [0.29, 0.717) is 28.1 Å². The van der Waals surface area contributed by atoms with Gasteiger partial charge >= 0.3 is 6.18 Å². The molecule has 0 bridgehead atoms. The summed E-state index contributed by atoms with van der Waals surface area (Å²) in [6.07, 6.45) is -3.42. The van der Waals surface area contributed by atoms with Crippen molar-refractivity contribution in [2.45, 2.75) is 6.18 Å². The number of alkyl halides is 3. The number of anilines is 1. The number of imidazole rings is 1. The van der Waals surface area contributed by atoms with Crippen LogP contribution in [0.25, 0.3) is 27.8 Å². The molecule has 0 amide bonds. The molecule has 0 atom stereocenters. The van der Waals surface area contributed by atoms with Crippen molar-refractivity contribution in [2.75, 3.05) is 24.7 Å². The second-order valence-corrected chi connectivity index (χ2v) is 9.19. The standard InChI is InChI=1S/C22H18F3N5O2S/c1-33(31,32)28-11-10-27-20-12-16(14-6-8-15(9-7-14)22(23,24)25)17(13-26)21-29-18-4-2-3-5-19(18)30(20)21/h2-9,12,27-28H,10-11H2,1H3. The number of nitrogens with zero attached hydrogens (tertiary/aromatic N) is 3. The molecule has 0 unspecified atom stereocenters. The summed E-state index contributed by atoms with van der Waals surface area (Å²) < 4.78 is 65.8. The van der Waals surface area contributed by atoms with E-state index in [1.165, 1.54) is 12.1 Å². The van der Waals surface area contributed by atoms with Crippen LogP contribution in [0.4, 0.5) is 19.0 Å². The molecule has 0 fully saturated rings. The van der Waals surface area contributed by atoms with Gasteiger partial charge in [0.2, 0.25) is 10.0 Å². The fourth-order valence-corrected chi connectivity index (χ4v) is 4.04. The Morgan fingerprint density at radius 3 is 2.42 bits per heavy atom. The maximum Gasteiger partial charge on any atom is 0.416 e. The van der Waals surface area contributed by atoms with E-state index in [1.807, 2.05) is 12.1 Å². The zero-order valence-electron chi connectivity index (χ0n) is 17.3. The molecule has 2 aromatic carbocycles. The molecular formula is C22H18F3N5O2S. The highest BCUT2D eigenvalue weighted by molar-refractivity contribution is 7.88. The summed E-state index contributed by atoms with van der Waals surface area (Å²) in [7, 11) is -3.37. The largest absolute Gasteiger partial charge is 0.416 e. The van der Waals surface area contributed by atoms with Crippen LogP contribution in [0.3, 0.4) is 0 Å². The molecule has 0 aliphatic heterocycles. The molecule has 11 heteroatoms. The number of pyridine rings is 1. The van der Waals surface area contributed by atoms with Crippen LogP contribution >= 0.6 is 0 Å². The Bertz CT molecular complexity index is 1490. The normalized spacial score (nSPS) is 12.2. The van der Waals surface area contributed by atoms with Crippen LogP contribution in [0.2, 0.25) is 0 Å². The van der Waals surface area contributed by atoms with E-state index >= 15 is 0 Å². The Balaban J connectivity index is 1.86. The molecule has 33 heavy (non-hydrogen) atoms. The number of aromatic nitrogens is 2. The summed E-state index contributed by atoms with van der Waals surface area (Å²) in [5.74, 6) is 0.517. The van der Waals surface area contributed by atoms with Gasteiger partial charge in [-0.15, -0.1) is 0 Å². The molecule has 0 saturated carbocycles. The van der Waals surface area contributed by atoms with Crippen molar-refractivity contribution in [3.8, 4) is 17.2 Å². The Kier molecular flexibility index (Phi) is 5.73. The van der Waals surface area contributed by atoms with Crippen LogP contribution in [0.1, 0.15) is 11.1 Å². The van der Waals surface area contributed by atoms with Crippen molar-refractivity contribution in [3.63, 3.8) is 0 Å². The SMILES string of the molecule is CS(=O)(=O)NCCNc1cc(-c2ccc(C(F)(F)F)cc2)c(C#N)c2nc3ccccc3n12. The number of benzene rings is 2. The van der Waals surface area contributed by atoms with Gasteiger partial charge in [-0.1, -0.05) is 24.3 Å². The molecule has 4 aromatic rings. The predicted molar refractivity (Wildman–Crippen MR) is 119 cm³/mol. The molecule has 170 valence electrons. The molecule has 0 radical (unpaired) electrons. The van der Waals surface area contributed by atoms with E-state index in [-0.39, 0.29) is 18.7 Å². The molecule has 2 heterocycles. The zero-order chi connectivity index (χ0) is 23.8. The van der Waals surface area contributed by atoms with Gasteiger partial charge in [-0.25, -0.2) is 18.1 Å². The molecule has 2 N–H and O–H groups in total. The van der Waals surface area contributed by atoms with E-state index in [1.54, 1.807) is 22.6 Å². The lowest BCUT2D eigenvalue weighted by Gasteiger charge is -2.15. The van der Waals surface area contributed by atoms with Crippen LogP contribution < -0.4 is 10.0 Å². The van der Waals surface area contributed by atoms with Gasteiger partial charge < -0.3 is 5.32 Å². The van der Waals surface area contributed by atoms with E-state index in [4.69, 9.17) is 0 Å². The van der Waals surface area contributed by atoms with Crippen molar-refractivity contribution in [3.05, 3.63) is 65.7 Å². The Morgan fingerprint density at radius 1 is 1.09 bits per heavy atom. The zero-order valence-corrected chi connectivity index (χ0v) is 18.1. The quantitative estimate of drug-likeness (QED) is 0.413. The minimum Gasteiger partial charge on any atom is -0.370 e. The predicted octanol–water partition coefficient (Wildman–Crippen LogP) is 4.01. The number of sulfonamides is 1. The van der Waals surface area contributed by atoms with Crippen molar-refractivity contribution in [2.24, 2.45) is 0 Å². The average molecular weight is 473 g/mol. The van der Waals surface area contributed by atoms with Gasteiger partial charge in [0, 0.05) is 18.7 Å². The van der Waals surface area contributed by atoms with Gasteiger partial charge in [0.15, 0.2) is 5.65 Å². The number of nitriles is 1. The number of hydrogen-bond acceptors (Lipinski definition) is 5. The van der Waals surface area contributed by atoms with E-state index in [2.05, 4.69) is 21.1 Å². The second kappa shape index (κ2) is 8.38. The smallest absolute Gasteiger partial charge is 0.370 e. The Labute approximate surface area is 187 Å². The highest BCUT2D eigenvalue weighted by Gasteiger charge is 2.30. The summed E-state index contributed by atoms with van der Waals surface area (Å²) in [5, 5.41) is 13.0. The molecular weight excluding hydrogens is 455 g/mol. The lowest BCUT2D eigenvalue weighted by atomic mass is 10.00. The first-order valence-corrected chi connectivity index (χ1v) is 11.7. The third-order valence-electron chi connectivity index (χ3n) is 5.01. The fraction of sp³-hybridized carbons (Fsp3) is 0.182. The number of fused-ring (bicyclic) bond motifs is 3. The minimum absolute atomic E-state index is 0.114. The maximum atomic E-state index is 13.0. The number of para-hydroxylation sites is 2. The second-order valence-electron chi connectivity index (χ2n) is 7.36. The molecule has 0 spiro atoms. The first-order valence-electron chi connectivity index (χ1n) is 9.79. The van der Waals surface area contributed by atoms with E-state index < -0.39 is 21.8 Å². The van der Waals surface area contributed by atoms with Gasteiger partial charge in [-0.3, -0.25) is 4.40 Å². The van der Waals surface area contributed by atoms with E-state index in [9.17, 15) is 26.9 Å². The van der Waals surface area contributed by atoms with Crippen molar-refractivity contribution >= 4 is 32.5 Å². The first-order chi connectivity index (χ1) is 15.6. The number of rotatable bonds is 6. The van der Waals surface area contributed by atoms with Crippen molar-refractivity contribution in [1.82, 2.24) is 14.1 Å². The third-order valence-corrected chi connectivity index (χ3v) is 5.73. The lowest BCUT2D eigenvalue weighted by Crippen LogP contribution is -2.28. The third kappa shape index (κ3) is 4.62. The number of nitrogens with one attached hydrogen (secondary N) is 2. The highest BCUT2D eigenvalue weighted by Crippen LogP contribution is 2.35. The maximum absolute atomic E-state index is 13.0. The van der Waals surface area contributed by atoms with E-state index in [0.717, 1.165) is 23.9 Å². The molecule has 4 rings (SSSR count). The molecule has 0 aliphatic carbocycles. The summed E-state index contributed by atoms with van der Waals surface area (Å²) in [6, 6.07) is 15.6. The van der Waals surface area contributed by atoms with Crippen LogP contribution in [0.15, 0.2) is 54.6 Å². The van der Waals surface area contributed by atoms with Crippen LogP contribution in [-0.2, 0) is 16.2 Å². The summed E-state index contributed by atoms with van der Waals surface area (Å²) in [5.41, 5.74) is 1.96. The summed E-state index contributed by atoms with van der Waals surface area (Å²) >= 11 is 0. The highest BCUT2D eigenvalue weighted by atomic mass is 32.2. The van der Waals surface area contributed by atoms with Crippen molar-refractivity contribution in [1.29, 1.82) is 5.26 Å². The average Bonchev–Trinajstić information content (AvgIpc) is 3.15. The minimum atomic E-state index is -4.47. The van der Waals surface area contributed by atoms with Gasteiger partial charge in [-0.05, 0) is 35.9 Å². The number of halogens is 3. The first kappa shape index (κ1) is 22.6. The Morgan fingerprint density at radius 2 is 1.79 bits per heavy atom.